The first-order valence-corrected chi connectivity index (χ1v) is 9.11. The first-order valence-electron chi connectivity index (χ1n) is 9.11. The third-order valence-corrected chi connectivity index (χ3v) is 6.80. The van der Waals surface area contributed by atoms with Crippen LogP contribution in [-0.4, -0.2) is 15.1 Å². The molecular weight excluding hydrogens is 258 g/mol. The van der Waals surface area contributed by atoms with Crippen LogP contribution in [0.2, 0.25) is 0 Å². The minimum atomic E-state index is 0.385. The highest BCUT2D eigenvalue weighted by atomic mass is 15.2. The molecule has 1 aromatic rings. The molecule has 0 unspecified atom stereocenters. The van der Waals surface area contributed by atoms with Crippen LogP contribution in [0, 0.1) is 17.8 Å². The molecule has 0 saturated heterocycles. The van der Waals surface area contributed by atoms with Crippen LogP contribution in [0.15, 0.2) is 12.4 Å². The van der Waals surface area contributed by atoms with Crippen molar-refractivity contribution in [2.45, 2.75) is 75.8 Å². The fraction of sp³-hybridized carbons (Fsp3) is 0.833. The molecule has 3 heteroatoms. The molecular formula is C18H27N3. The monoisotopic (exact) mass is 285 g/mol. The Balaban J connectivity index is 1.41. The van der Waals surface area contributed by atoms with Crippen LogP contribution >= 0.6 is 0 Å². The summed E-state index contributed by atoms with van der Waals surface area (Å²) in [6, 6.07) is 0.698. The summed E-state index contributed by atoms with van der Waals surface area (Å²) in [4.78, 5) is 4.69. The molecule has 0 aromatic carbocycles. The van der Waals surface area contributed by atoms with Gasteiger partial charge in [-0.25, -0.2) is 4.98 Å². The van der Waals surface area contributed by atoms with Crippen LogP contribution in [0.5, 0.6) is 0 Å². The summed E-state index contributed by atoms with van der Waals surface area (Å²) in [5.74, 6) is 4.17. The van der Waals surface area contributed by atoms with E-state index >= 15 is 0 Å². The number of hydrogen-bond acceptors (Lipinski definition) is 2. The fourth-order valence-corrected chi connectivity index (χ4v) is 6.39. The van der Waals surface area contributed by atoms with E-state index in [-0.39, 0.29) is 0 Å². The summed E-state index contributed by atoms with van der Waals surface area (Å²) in [5.41, 5.74) is 0.385. The van der Waals surface area contributed by atoms with Gasteiger partial charge in [0, 0.05) is 24.0 Å². The van der Waals surface area contributed by atoms with Gasteiger partial charge in [-0.05, 0) is 69.1 Å². The van der Waals surface area contributed by atoms with Gasteiger partial charge in [-0.2, -0.15) is 0 Å². The second-order valence-corrected chi connectivity index (χ2v) is 8.42. The smallest absolute Gasteiger partial charge is 0.203 e. The molecule has 0 aliphatic heterocycles. The normalized spacial score (nSPS) is 41.8. The maximum atomic E-state index is 4.69. The highest BCUT2D eigenvalue weighted by Crippen LogP contribution is 2.56. The minimum Gasteiger partial charge on any atom is -0.350 e. The molecule has 3 nitrogen and oxygen atoms in total. The number of imidazole rings is 1. The zero-order valence-corrected chi connectivity index (χ0v) is 12.9. The standard InChI is InChI=1S/C18H27N3/c1-2-4-16(3-1)21-6-5-19-17(21)20-18-10-13-7-14(11-18)9-15(8-13)12-18/h5-6,13-16H,1-4,7-12H2,(H,19,20). The number of nitrogens with one attached hydrogen (secondary N) is 1. The lowest BCUT2D eigenvalue weighted by Crippen LogP contribution is -2.55. The van der Waals surface area contributed by atoms with Crippen LogP contribution in [0.25, 0.3) is 0 Å². The number of rotatable bonds is 3. The summed E-state index contributed by atoms with van der Waals surface area (Å²) in [6.07, 6.45) is 18.4. The predicted molar refractivity (Wildman–Crippen MR) is 84.3 cm³/mol. The maximum absolute atomic E-state index is 4.69. The van der Waals surface area contributed by atoms with Gasteiger partial charge >= 0.3 is 0 Å². The van der Waals surface area contributed by atoms with Gasteiger partial charge in [0.1, 0.15) is 0 Å². The van der Waals surface area contributed by atoms with Crippen molar-refractivity contribution in [3.05, 3.63) is 12.4 Å². The van der Waals surface area contributed by atoms with Crippen molar-refractivity contribution in [2.75, 3.05) is 5.32 Å². The maximum Gasteiger partial charge on any atom is 0.203 e. The quantitative estimate of drug-likeness (QED) is 0.893. The Kier molecular flexibility index (Phi) is 2.69. The van der Waals surface area contributed by atoms with Gasteiger partial charge < -0.3 is 9.88 Å². The largest absolute Gasteiger partial charge is 0.350 e. The van der Waals surface area contributed by atoms with E-state index in [0.717, 1.165) is 17.8 Å². The Morgan fingerprint density at radius 3 is 2.24 bits per heavy atom. The Morgan fingerprint density at radius 2 is 1.62 bits per heavy atom. The topological polar surface area (TPSA) is 29.9 Å². The molecule has 5 aliphatic rings. The third kappa shape index (κ3) is 2.03. The van der Waals surface area contributed by atoms with E-state index in [1.807, 2.05) is 6.20 Å². The molecule has 5 fully saturated rings. The average molecular weight is 285 g/mol. The van der Waals surface area contributed by atoms with Gasteiger partial charge in [0.15, 0.2) is 0 Å². The lowest BCUT2D eigenvalue weighted by molar-refractivity contribution is 0.0101. The van der Waals surface area contributed by atoms with Crippen molar-refractivity contribution < 1.29 is 0 Å². The SMILES string of the molecule is c1cn(C2CCCC2)c(NC23CC4CC(CC(C4)C2)C3)n1. The summed E-state index contributed by atoms with van der Waals surface area (Å²) >= 11 is 0. The molecule has 5 aliphatic carbocycles. The van der Waals surface area contributed by atoms with Crippen molar-refractivity contribution in [3.63, 3.8) is 0 Å². The van der Waals surface area contributed by atoms with Crippen molar-refractivity contribution in [1.82, 2.24) is 9.55 Å². The van der Waals surface area contributed by atoms with E-state index in [1.165, 1.54) is 70.2 Å². The molecule has 0 amide bonds. The summed E-state index contributed by atoms with van der Waals surface area (Å²) in [6.45, 7) is 0. The second-order valence-electron chi connectivity index (χ2n) is 8.42. The Bertz CT molecular complexity index is 491. The third-order valence-electron chi connectivity index (χ3n) is 6.80. The predicted octanol–water partition coefficient (Wildman–Crippen LogP) is 4.38. The Morgan fingerprint density at radius 1 is 1.00 bits per heavy atom. The number of anilines is 1. The molecule has 0 atom stereocenters. The van der Waals surface area contributed by atoms with Crippen LogP contribution < -0.4 is 5.32 Å². The lowest BCUT2D eigenvalue weighted by Gasteiger charge is -2.57. The van der Waals surface area contributed by atoms with Gasteiger partial charge in [-0.3, -0.25) is 0 Å². The summed E-state index contributed by atoms with van der Waals surface area (Å²) < 4.78 is 2.45. The zero-order chi connectivity index (χ0) is 13.9. The lowest BCUT2D eigenvalue weighted by atomic mass is 9.53. The van der Waals surface area contributed by atoms with Crippen LogP contribution in [0.3, 0.4) is 0 Å². The van der Waals surface area contributed by atoms with Crippen molar-refractivity contribution in [3.8, 4) is 0 Å². The highest BCUT2D eigenvalue weighted by Gasteiger charge is 2.51. The van der Waals surface area contributed by atoms with Gasteiger partial charge in [-0.1, -0.05) is 12.8 Å². The number of aromatic nitrogens is 2. The van der Waals surface area contributed by atoms with Crippen LogP contribution in [0.1, 0.15) is 70.3 Å². The molecule has 6 rings (SSSR count). The fourth-order valence-electron chi connectivity index (χ4n) is 6.39. The summed E-state index contributed by atoms with van der Waals surface area (Å²) in [5, 5.41) is 3.96. The first-order chi connectivity index (χ1) is 10.3. The van der Waals surface area contributed by atoms with E-state index in [1.54, 1.807) is 0 Å². The molecule has 1 aromatic heterocycles. The van der Waals surface area contributed by atoms with Gasteiger partial charge in [0.25, 0.3) is 0 Å². The molecule has 21 heavy (non-hydrogen) atoms. The molecule has 1 N–H and O–H groups in total. The first kappa shape index (κ1) is 12.5. The number of nitrogens with zero attached hydrogens (tertiary/aromatic N) is 2. The molecule has 0 radical (unpaired) electrons. The van der Waals surface area contributed by atoms with Crippen molar-refractivity contribution >= 4 is 5.95 Å². The highest BCUT2D eigenvalue weighted by molar-refractivity contribution is 5.34. The summed E-state index contributed by atoms with van der Waals surface area (Å²) in [7, 11) is 0. The molecule has 5 saturated carbocycles. The zero-order valence-electron chi connectivity index (χ0n) is 12.9. The van der Waals surface area contributed by atoms with E-state index in [9.17, 15) is 0 Å². The minimum absolute atomic E-state index is 0.385. The van der Waals surface area contributed by atoms with E-state index in [4.69, 9.17) is 0 Å². The van der Waals surface area contributed by atoms with Gasteiger partial charge in [-0.15, -0.1) is 0 Å². The van der Waals surface area contributed by atoms with Crippen LogP contribution in [-0.2, 0) is 0 Å². The van der Waals surface area contributed by atoms with Gasteiger partial charge in [0.05, 0.1) is 0 Å². The average Bonchev–Trinajstić information content (AvgIpc) is 3.06. The van der Waals surface area contributed by atoms with Crippen LogP contribution in [0.4, 0.5) is 5.95 Å². The van der Waals surface area contributed by atoms with E-state index in [0.29, 0.717) is 11.6 Å². The Labute approximate surface area is 127 Å². The molecule has 0 spiro atoms. The van der Waals surface area contributed by atoms with E-state index < -0.39 is 0 Å². The second kappa shape index (κ2) is 4.50. The molecule has 4 bridgehead atoms. The van der Waals surface area contributed by atoms with E-state index in [2.05, 4.69) is 21.1 Å². The van der Waals surface area contributed by atoms with Gasteiger partial charge in [0.2, 0.25) is 5.95 Å². The molecule has 114 valence electrons. The van der Waals surface area contributed by atoms with Crippen molar-refractivity contribution in [2.24, 2.45) is 17.8 Å². The molecule has 1 heterocycles. The van der Waals surface area contributed by atoms with Crippen molar-refractivity contribution in [1.29, 1.82) is 0 Å². The Hall–Kier alpha value is -0.990. The number of hydrogen-bond donors (Lipinski definition) is 1.